The molecule has 1 aliphatic heterocycles. The van der Waals surface area contributed by atoms with Crippen molar-refractivity contribution in [3.05, 3.63) is 46.1 Å². The first-order chi connectivity index (χ1) is 16.5. The fourth-order valence-electron chi connectivity index (χ4n) is 4.41. The van der Waals surface area contributed by atoms with Gasteiger partial charge in [-0.05, 0) is 77.0 Å². The standard InChI is InChI=1S/C26H38N4O5/c1-18(23(31)34-6)17-21-7-9-22(10-8-21)30-19(2)27-29(24(30)32)16-13-20-11-14-28(15-12-20)25(33)35-26(3,4)5/h7-10,18,20H,11-17H2,1-6H3. The van der Waals surface area contributed by atoms with E-state index in [-0.39, 0.29) is 23.7 Å². The third kappa shape index (κ3) is 6.96. The van der Waals surface area contributed by atoms with Crippen molar-refractivity contribution in [2.45, 2.75) is 72.4 Å². The molecular weight excluding hydrogens is 448 g/mol. The maximum atomic E-state index is 13.1. The summed E-state index contributed by atoms with van der Waals surface area (Å²) >= 11 is 0. The molecule has 192 valence electrons. The van der Waals surface area contributed by atoms with Gasteiger partial charge in [-0.3, -0.25) is 4.79 Å². The van der Waals surface area contributed by atoms with Crippen molar-refractivity contribution >= 4 is 12.1 Å². The number of carbonyl (C=O) groups excluding carboxylic acids is 2. The second-order valence-corrected chi connectivity index (χ2v) is 10.4. The SMILES string of the molecule is COC(=O)C(C)Cc1ccc(-n2c(C)nn(CCC3CCN(C(=O)OC(C)(C)C)CC3)c2=O)cc1. The summed E-state index contributed by atoms with van der Waals surface area (Å²) in [6.45, 7) is 11.2. The quantitative estimate of drug-likeness (QED) is 0.554. The zero-order valence-corrected chi connectivity index (χ0v) is 21.7. The summed E-state index contributed by atoms with van der Waals surface area (Å²) in [4.78, 5) is 38.8. The highest BCUT2D eigenvalue weighted by Gasteiger charge is 2.27. The van der Waals surface area contributed by atoms with Crippen LogP contribution in [0.3, 0.4) is 0 Å². The Labute approximate surface area is 207 Å². The first-order valence-corrected chi connectivity index (χ1v) is 12.3. The molecule has 1 fully saturated rings. The number of methoxy groups -OCH3 is 1. The molecule has 1 aliphatic rings. The van der Waals surface area contributed by atoms with Gasteiger partial charge in [0.1, 0.15) is 11.4 Å². The zero-order chi connectivity index (χ0) is 25.8. The van der Waals surface area contributed by atoms with E-state index in [4.69, 9.17) is 9.47 Å². The van der Waals surface area contributed by atoms with Crippen molar-refractivity contribution in [3.63, 3.8) is 0 Å². The summed E-state index contributed by atoms with van der Waals surface area (Å²) in [5, 5.41) is 4.48. The van der Waals surface area contributed by atoms with Crippen LogP contribution in [-0.4, -0.2) is 57.1 Å². The number of carbonyl (C=O) groups is 2. The number of rotatable bonds is 7. The topological polar surface area (TPSA) is 95.7 Å². The highest BCUT2D eigenvalue weighted by atomic mass is 16.6. The van der Waals surface area contributed by atoms with Gasteiger partial charge in [-0.2, -0.15) is 5.10 Å². The van der Waals surface area contributed by atoms with E-state index in [1.165, 1.54) is 11.8 Å². The Kier molecular flexibility index (Phi) is 8.40. The molecule has 1 amide bonds. The Morgan fingerprint density at radius 3 is 2.34 bits per heavy atom. The molecule has 1 saturated heterocycles. The summed E-state index contributed by atoms with van der Waals surface area (Å²) in [5.41, 5.74) is 1.10. The minimum absolute atomic E-state index is 0.163. The van der Waals surface area contributed by atoms with Crippen LogP contribution < -0.4 is 5.69 Å². The molecule has 9 nitrogen and oxygen atoms in total. The van der Waals surface area contributed by atoms with Gasteiger partial charge >= 0.3 is 17.8 Å². The summed E-state index contributed by atoms with van der Waals surface area (Å²) in [6, 6.07) is 7.62. The second-order valence-electron chi connectivity index (χ2n) is 10.4. The predicted octanol–water partition coefficient (Wildman–Crippen LogP) is 3.73. The number of ether oxygens (including phenoxy) is 2. The number of likely N-dealkylation sites (tertiary alicyclic amines) is 1. The number of benzene rings is 1. The Hall–Kier alpha value is -3.10. The third-order valence-electron chi connectivity index (χ3n) is 6.36. The van der Waals surface area contributed by atoms with Crippen LogP contribution in [0.2, 0.25) is 0 Å². The van der Waals surface area contributed by atoms with E-state index in [9.17, 15) is 14.4 Å². The van der Waals surface area contributed by atoms with Crippen LogP contribution in [0.5, 0.6) is 0 Å². The molecule has 35 heavy (non-hydrogen) atoms. The molecule has 1 aromatic carbocycles. The third-order valence-corrected chi connectivity index (χ3v) is 6.36. The van der Waals surface area contributed by atoms with Crippen molar-refractivity contribution in [2.75, 3.05) is 20.2 Å². The molecule has 1 aromatic heterocycles. The zero-order valence-electron chi connectivity index (χ0n) is 21.7. The number of aromatic nitrogens is 3. The number of esters is 1. The molecule has 2 heterocycles. The van der Waals surface area contributed by atoms with E-state index in [1.807, 2.05) is 58.9 Å². The number of hydrogen-bond acceptors (Lipinski definition) is 6. The van der Waals surface area contributed by atoms with E-state index < -0.39 is 5.60 Å². The maximum absolute atomic E-state index is 13.1. The molecule has 0 spiro atoms. The predicted molar refractivity (Wildman–Crippen MR) is 133 cm³/mol. The first kappa shape index (κ1) is 26.5. The minimum Gasteiger partial charge on any atom is -0.469 e. The van der Waals surface area contributed by atoms with E-state index in [0.29, 0.717) is 37.8 Å². The average Bonchev–Trinajstić information content (AvgIpc) is 3.09. The maximum Gasteiger partial charge on any atom is 0.410 e. The van der Waals surface area contributed by atoms with Gasteiger partial charge in [-0.15, -0.1) is 0 Å². The van der Waals surface area contributed by atoms with Gasteiger partial charge < -0.3 is 14.4 Å². The van der Waals surface area contributed by atoms with E-state index in [2.05, 4.69) is 5.10 Å². The Morgan fingerprint density at radius 2 is 1.77 bits per heavy atom. The fraction of sp³-hybridized carbons (Fsp3) is 0.615. The van der Waals surface area contributed by atoms with Crippen molar-refractivity contribution in [1.82, 2.24) is 19.2 Å². The molecule has 1 unspecified atom stereocenters. The minimum atomic E-state index is -0.492. The number of aryl methyl sites for hydroxylation is 2. The van der Waals surface area contributed by atoms with Crippen LogP contribution in [0.25, 0.3) is 5.69 Å². The fourth-order valence-corrected chi connectivity index (χ4v) is 4.41. The van der Waals surface area contributed by atoms with Crippen LogP contribution in [0.15, 0.2) is 29.1 Å². The summed E-state index contributed by atoms with van der Waals surface area (Å²) in [7, 11) is 1.39. The van der Waals surface area contributed by atoms with Crippen molar-refractivity contribution in [3.8, 4) is 5.69 Å². The van der Waals surface area contributed by atoms with Gasteiger partial charge in [0, 0.05) is 19.6 Å². The molecule has 0 radical (unpaired) electrons. The van der Waals surface area contributed by atoms with Gasteiger partial charge in [-0.25, -0.2) is 18.8 Å². The largest absolute Gasteiger partial charge is 0.469 e. The number of hydrogen-bond donors (Lipinski definition) is 0. The van der Waals surface area contributed by atoms with Crippen molar-refractivity contribution < 1.29 is 19.1 Å². The van der Waals surface area contributed by atoms with Crippen LogP contribution in [0, 0.1) is 18.8 Å². The lowest BCUT2D eigenvalue weighted by Crippen LogP contribution is -2.42. The smallest absolute Gasteiger partial charge is 0.410 e. The Balaban J connectivity index is 1.57. The molecule has 0 saturated carbocycles. The molecule has 0 aliphatic carbocycles. The normalized spacial score (nSPS) is 15.7. The van der Waals surface area contributed by atoms with Gasteiger partial charge in [0.15, 0.2) is 0 Å². The molecule has 1 atom stereocenters. The first-order valence-electron chi connectivity index (χ1n) is 12.3. The number of amides is 1. The van der Waals surface area contributed by atoms with Crippen molar-refractivity contribution in [2.24, 2.45) is 11.8 Å². The monoisotopic (exact) mass is 486 g/mol. The van der Waals surface area contributed by atoms with Gasteiger partial charge in [0.25, 0.3) is 0 Å². The van der Waals surface area contributed by atoms with E-state index in [1.54, 1.807) is 9.47 Å². The van der Waals surface area contributed by atoms with Crippen LogP contribution in [-0.2, 0) is 27.2 Å². The highest BCUT2D eigenvalue weighted by molar-refractivity contribution is 5.72. The summed E-state index contributed by atoms with van der Waals surface area (Å²) < 4.78 is 13.4. The van der Waals surface area contributed by atoms with Crippen LogP contribution in [0.1, 0.15) is 58.3 Å². The molecule has 9 heteroatoms. The lowest BCUT2D eigenvalue weighted by Gasteiger charge is -2.33. The highest BCUT2D eigenvalue weighted by Crippen LogP contribution is 2.23. The molecule has 3 rings (SSSR count). The summed E-state index contributed by atoms with van der Waals surface area (Å²) in [6.07, 6.45) is 2.93. The van der Waals surface area contributed by atoms with Gasteiger partial charge in [0.05, 0.1) is 18.7 Å². The van der Waals surface area contributed by atoms with Crippen LogP contribution in [0.4, 0.5) is 4.79 Å². The molecule has 0 bridgehead atoms. The average molecular weight is 487 g/mol. The number of piperidine rings is 1. The number of nitrogens with zero attached hydrogens (tertiary/aromatic N) is 4. The molecular formula is C26H38N4O5. The summed E-state index contributed by atoms with van der Waals surface area (Å²) in [5.74, 6) is 0.597. The lowest BCUT2D eigenvalue weighted by atomic mass is 9.94. The van der Waals surface area contributed by atoms with Gasteiger partial charge in [0.2, 0.25) is 0 Å². The molecule has 2 aromatic rings. The van der Waals surface area contributed by atoms with E-state index >= 15 is 0 Å². The Morgan fingerprint density at radius 1 is 1.14 bits per heavy atom. The molecule has 0 N–H and O–H groups in total. The lowest BCUT2D eigenvalue weighted by molar-refractivity contribution is -0.144. The van der Waals surface area contributed by atoms with Crippen molar-refractivity contribution in [1.29, 1.82) is 0 Å². The van der Waals surface area contributed by atoms with Crippen LogP contribution >= 0.6 is 0 Å². The Bertz CT molecular complexity index is 1070. The van der Waals surface area contributed by atoms with E-state index in [0.717, 1.165) is 30.5 Å². The van der Waals surface area contributed by atoms with Gasteiger partial charge in [-0.1, -0.05) is 19.1 Å². The second kappa shape index (κ2) is 11.1.